The molecule has 0 aliphatic carbocycles. The third kappa shape index (κ3) is 5.71. The lowest BCUT2D eigenvalue weighted by atomic mass is 10.1. The summed E-state index contributed by atoms with van der Waals surface area (Å²) in [5.41, 5.74) is 2.04. The molecule has 1 heterocycles. The minimum atomic E-state index is -0.550. The molecule has 1 aliphatic rings. The Hall–Kier alpha value is -2.75. The number of rotatable bonds is 0. The van der Waals surface area contributed by atoms with Crippen molar-refractivity contribution >= 4 is 17.7 Å². The van der Waals surface area contributed by atoms with Crippen LogP contribution in [0.1, 0.15) is 40.1 Å². The van der Waals surface area contributed by atoms with Gasteiger partial charge in [0.2, 0.25) is 0 Å². The summed E-state index contributed by atoms with van der Waals surface area (Å²) in [7, 11) is 0. The van der Waals surface area contributed by atoms with Crippen LogP contribution in [0.5, 0.6) is 0 Å². The Balaban J connectivity index is 0.000000190. The molecular formula is C18H18O4. The van der Waals surface area contributed by atoms with Crippen LogP contribution in [0, 0.1) is 6.92 Å². The van der Waals surface area contributed by atoms with E-state index in [0.717, 1.165) is 0 Å². The lowest BCUT2D eigenvalue weighted by Gasteiger charge is -1.86. The fourth-order valence-corrected chi connectivity index (χ4v) is 1.57. The maximum Gasteiger partial charge on any atom is 0.346 e. The van der Waals surface area contributed by atoms with Gasteiger partial charge in [0.15, 0.2) is 0 Å². The van der Waals surface area contributed by atoms with Crippen LogP contribution in [0.3, 0.4) is 0 Å². The van der Waals surface area contributed by atoms with E-state index in [4.69, 9.17) is 0 Å². The van der Waals surface area contributed by atoms with E-state index in [1.807, 2.05) is 18.2 Å². The molecule has 0 saturated heterocycles. The number of fused-ring (bicyclic) bond motifs is 1. The number of ether oxygens (including phenoxy) is 1. The number of benzene rings is 2. The van der Waals surface area contributed by atoms with E-state index < -0.39 is 11.9 Å². The van der Waals surface area contributed by atoms with E-state index in [-0.39, 0.29) is 5.78 Å². The number of hydrogen-bond donors (Lipinski definition) is 0. The SMILES string of the molecule is CC(C)=O.Cc1ccccc1.O=C1OC(=O)c2ccccc21. The molecule has 0 unspecified atom stereocenters. The van der Waals surface area contributed by atoms with Crippen LogP contribution in [-0.2, 0) is 9.53 Å². The van der Waals surface area contributed by atoms with Crippen molar-refractivity contribution in [2.75, 3.05) is 0 Å². The lowest BCUT2D eigenvalue weighted by molar-refractivity contribution is -0.115. The molecule has 0 N–H and O–H groups in total. The molecule has 0 aromatic heterocycles. The standard InChI is InChI=1S/C8H4O3.C7H8.C3H6O/c9-7-5-3-1-2-4-6(5)8(10)11-7;1-7-5-3-2-4-6-7;1-3(2)4/h1-4H;2-6H,1H3;1-2H3. The second kappa shape index (κ2) is 8.52. The quantitative estimate of drug-likeness (QED) is 0.551. The van der Waals surface area contributed by atoms with E-state index in [1.165, 1.54) is 19.4 Å². The van der Waals surface area contributed by atoms with Crippen LogP contribution in [0.2, 0.25) is 0 Å². The third-order valence-corrected chi connectivity index (χ3v) is 2.49. The van der Waals surface area contributed by atoms with Crippen LogP contribution in [0.25, 0.3) is 0 Å². The van der Waals surface area contributed by atoms with Crippen molar-refractivity contribution < 1.29 is 19.1 Å². The molecule has 2 aromatic carbocycles. The predicted molar refractivity (Wildman–Crippen MR) is 83.7 cm³/mol. The Kier molecular flexibility index (Phi) is 6.70. The highest BCUT2D eigenvalue weighted by Crippen LogP contribution is 2.18. The molecule has 4 heteroatoms. The number of carbonyl (C=O) groups excluding carboxylic acids is 3. The van der Waals surface area contributed by atoms with Crippen molar-refractivity contribution in [3.8, 4) is 0 Å². The molecular weight excluding hydrogens is 280 g/mol. The van der Waals surface area contributed by atoms with Gasteiger partial charge in [-0.3, -0.25) is 0 Å². The van der Waals surface area contributed by atoms with Gasteiger partial charge in [-0.15, -0.1) is 0 Å². The molecule has 2 aromatic rings. The first-order valence-electron chi connectivity index (χ1n) is 6.76. The first-order chi connectivity index (χ1) is 10.4. The largest absolute Gasteiger partial charge is 0.386 e. The third-order valence-electron chi connectivity index (χ3n) is 2.49. The molecule has 3 rings (SSSR count). The van der Waals surface area contributed by atoms with Gasteiger partial charge >= 0.3 is 11.9 Å². The summed E-state index contributed by atoms with van der Waals surface area (Å²) in [6.07, 6.45) is 0. The molecule has 4 nitrogen and oxygen atoms in total. The smallest absolute Gasteiger partial charge is 0.346 e. The zero-order valence-electron chi connectivity index (χ0n) is 12.8. The summed E-state index contributed by atoms with van der Waals surface area (Å²) in [4.78, 5) is 31.1. The number of Topliss-reactive ketones (excluding diaryl/α,β-unsaturated/α-hetero) is 1. The molecule has 0 amide bonds. The lowest BCUT2D eigenvalue weighted by Crippen LogP contribution is -1.96. The highest BCUT2D eigenvalue weighted by molar-refractivity contribution is 6.14. The van der Waals surface area contributed by atoms with Crippen LogP contribution in [0.15, 0.2) is 54.6 Å². The van der Waals surface area contributed by atoms with E-state index in [0.29, 0.717) is 11.1 Å². The number of carbonyl (C=O) groups is 3. The summed E-state index contributed by atoms with van der Waals surface area (Å²) in [5.74, 6) is -0.934. The summed E-state index contributed by atoms with van der Waals surface area (Å²) >= 11 is 0. The maximum atomic E-state index is 10.8. The summed E-state index contributed by atoms with van der Waals surface area (Å²) < 4.78 is 4.35. The Labute approximate surface area is 129 Å². The topological polar surface area (TPSA) is 60.4 Å². The summed E-state index contributed by atoms with van der Waals surface area (Å²) in [6.45, 7) is 5.14. The van der Waals surface area contributed by atoms with Crippen LogP contribution >= 0.6 is 0 Å². The molecule has 0 atom stereocenters. The van der Waals surface area contributed by atoms with E-state index >= 15 is 0 Å². The predicted octanol–water partition coefficient (Wildman–Crippen LogP) is 3.59. The van der Waals surface area contributed by atoms with Crippen LogP contribution in [0.4, 0.5) is 0 Å². The molecule has 22 heavy (non-hydrogen) atoms. The Morgan fingerprint density at radius 2 is 1.14 bits per heavy atom. The van der Waals surface area contributed by atoms with Gasteiger partial charge in [-0.25, -0.2) is 9.59 Å². The molecule has 0 bridgehead atoms. The molecule has 114 valence electrons. The Morgan fingerprint density at radius 1 is 0.773 bits per heavy atom. The van der Waals surface area contributed by atoms with Gasteiger partial charge in [0.05, 0.1) is 11.1 Å². The van der Waals surface area contributed by atoms with Crippen molar-refractivity contribution in [1.29, 1.82) is 0 Å². The zero-order valence-corrected chi connectivity index (χ0v) is 12.8. The second-order valence-corrected chi connectivity index (χ2v) is 4.79. The van der Waals surface area contributed by atoms with Crippen LogP contribution in [-0.4, -0.2) is 17.7 Å². The number of aryl methyl sites for hydroxylation is 1. The second-order valence-electron chi connectivity index (χ2n) is 4.79. The zero-order chi connectivity index (χ0) is 16.5. The van der Waals surface area contributed by atoms with Gasteiger partial charge in [0.1, 0.15) is 5.78 Å². The Bertz CT molecular complexity index is 623. The first kappa shape index (κ1) is 17.3. The highest BCUT2D eigenvalue weighted by Gasteiger charge is 2.28. The minimum absolute atomic E-state index is 0.167. The number of hydrogen-bond acceptors (Lipinski definition) is 4. The highest BCUT2D eigenvalue weighted by atomic mass is 16.6. The fraction of sp³-hybridized carbons (Fsp3) is 0.167. The van der Waals surface area contributed by atoms with Gasteiger partial charge in [-0.1, -0.05) is 48.0 Å². The maximum absolute atomic E-state index is 10.8. The first-order valence-corrected chi connectivity index (χ1v) is 6.76. The summed E-state index contributed by atoms with van der Waals surface area (Å²) in [6, 6.07) is 16.8. The average Bonchev–Trinajstić information content (AvgIpc) is 2.76. The normalized spacial score (nSPS) is 11.2. The van der Waals surface area contributed by atoms with Gasteiger partial charge < -0.3 is 9.53 Å². The monoisotopic (exact) mass is 298 g/mol. The van der Waals surface area contributed by atoms with Gasteiger partial charge in [-0.05, 0) is 32.9 Å². The molecule has 0 radical (unpaired) electrons. The molecule has 0 fully saturated rings. The summed E-state index contributed by atoms with van der Waals surface area (Å²) in [5, 5.41) is 0. The van der Waals surface area contributed by atoms with Crippen LogP contribution < -0.4 is 0 Å². The van der Waals surface area contributed by atoms with Gasteiger partial charge in [0.25, 0.3) is 0 Å². The molecule has 1 aliphatic heterocycles. The van der Waals surface area contributed by atoms with Crippen molar-refractivity contribution in [3.63, 3.8) is 0 Å². The Morgan fingerprint density at radius 3 is 1.45 bits per heavy atom. The number of esters is 2. The van der Waals surface area contributed by atoms with Gasteiger partial charge in [-0.2, -0.15) is 0 Å². The molecule has 0 saturated carbocycles. The number of cyclic esters (lactones) is 2. The van der Waals surface area contributed by atoms with Crippen molar-refractivity contribution in [1.82, 2.24) is 0 Å². The average molecular weight is 298 g/mol. The number of ketones is 1. The van der Waals surface area contributed by atoms with Crippen molar-refractivity contribution in [2.24, 2.45) is 0 Å². The van der Waals surface area contributed by atoms with Gasteiger partial charge in [0, 0.05) is 0 Å². The van der Waals surface area contributed by atoms with Crippen molar-refractivity contribution in [3.05, 3.63) is 71.3 Å². The minimum Gasteiger partial charge on any atom is -0.386 e. The fourth-order valence-electron chi connectivity index (χ4n) is 1.57. The van der Waals surface area contributed by atoms with E-state index in [1.54, 1.807) is 24.3 Å². The van der Waals surface area contributed by atoms with E-state index in [2.05, 4.69) is 23.8 Å². The molecule has 0 spiro atoms. The van der Waals surface area contributed by atoms with E-state index in [9.17, 15) is 14.4 Å². The van der Waals surface area contributed by atoms with Crippen molar-refractivity contribution in [2.45, 2.75) is 20.8 Å².